The fourth-order valence-electron chi connectivity index (χ4n) is 6.20. The van der Waals surface area contributed by atoms with Gasteiger partial charge in [-0.05, 0) is 101 Å². The maximum Gasteiger partial charge on any atom is 0.00846 e. The predicted molar refractivity (Wildman–Crippen MR) is 78.8 cm³/mol. The van der Waals surface area contributed by atoms with Crippen LogP contribution in [-0.2, 0) is 0 Å². The summed E-state index contributed by atoms with van der Waals surface area (Å²) in [6.45, 7) is 3.92. The first-order chi connectivity index (χ1) is 9.29. The third-order valence-electron chi connectivity index (χ3n) is 6.77. The molecule has 0 spiro atoms. The smallest absolute Gasteiger partial charge is 0.00846 e. The Morgan fingerprint density at radius 1 is 0.895 bits per heavy atom. The second kappa shape index (κ2) is 5.04. The molecule has 5 aliphatic rings. The van der Waals surface area contributed by atoms with Crippen LogP contribution in [0.4, 0.5) is 0 Å². The van der Waals surface area contributed by atoms with Crippen LogP contribution in [0.5, 0.6) is 0 Å². The summed E-state index contributed by atoms with van der Waals surface area (Å²) in [4.78, 5) is 2.63. The third kappa shape index (κ3) is 2.35. The fourth-order valence-corrected chi connectivity index (χ4v) is 6.20. The summed E-state index contributed by atoms with van der Waals surface area (Å²) in [6.07, 6.45) is 11.7. The SMILES string of the molecule is NC(CCN1CCCC1)C1C2CC3CC(C2)CC1C3. The van der Waals surface area contributed by atoms with Crippen molar-refractivity contribution in [2.75, 3.05) is 19.6 Å². The molecule has 4 bridgehead atoms. The van der Waals surface area contributed by atoms with E-state index < -0.39 is 0 Å². The summed E-state index contributed by atoms with van der Waals surface area (Å²) in [5, 5.41) is 0. The van der Waals surface area contributed by atoms with Crippen LogP contribution in [0.3, 0.4) is 0 Å². The van der Waals surface area contributed by atoms with E-state index >= 15 is 0 Å². The Morgan fingerprint density at radius 3 is 2.05 bits per heavy atom. The Balaban J connectivity index is 1.35. The van der Waals surface area contributed by atoms with Crippen LogP contribution in [0.2, 0.25) is 0 Å². The Kier molecular flexibility index (Phi) is 3.35. The van der Waals surface area contributed by atoms with Crippen LogP contribution >= 0.6 is 0 Å². The zero-order chi connectivity index (χ0) is 12.8. The molecule has 1 aliphatic heterocycles. The van der Waals surface area contributed by atoms with Gasteiger partial charge in [0, 0.05) is 6.04 Å². The molecule has 1 heterocycles. The van der Waals surface area contributed by atoms with E-state index in [4.69, 9.17) is 5.73 Å². The lowest BCUT2D eigenvalue weighted by Crippen LogP contribution is -2.52. The van der Waals surface area contributed by atoms with Crippen LogP contribution < -0.4 is 5.73 Å². The minimum absolute atomic E-state index is 0.496. The van der Waals surface area contributed by atoms with Gasteiger partial charge in [0.25, 0.3) is 0 Å². The normalized spacial score (nSPS) is 46.9. The minimum Gasteiger partial charge on any atom is -0.327 e. The minimum atomic E-state index is 0.496. The van der Waals surface area contributed by atoms with Gasteiger partial charge in [-0.15, -0.1) is 0 Å². The lowest BCUT2D eigenvalue weighted by molar-refractivity contribution is -0.0482. The van der Waals surface area contributed by atoms with Gasteiger partial charge in [-0.25, -0.2) is 0 Å². The molecule has 0 aromatic carbocycles. The Bertz CT molecular complexity index is 293. The Morgan fingerprint density at radius 2 is 1.47 bits per heavy atom. The first-order valence-electron chi connectivity index (χ1n) is 8.77. The van der Waals surface area contributed by atoms with Crippen LogP contribution in [0.25, 0.3) is 0 Å². The number of likely N-dealkylation sites (tertiary alicyclic amines) is 1. The zero-order valence-electron chi connectivity index (χ0n) is 12.3. The maximum absolute atomic E-state index is 6.65. The molecule has 5 rings (SSSR count). The van der Waals surface area contributed by atoms with E-state index in [0.29, 0.717) is 6.04 Å². The molecule has 1 unspecified atom stereocenters. The van der Waals surface area contributed by atoms with Crippen LogP contribution in [0.1, 0.15) is 51.4 Å². The van der Waals surface area contributed by atoms with E-state index in [9.17, 15) is 0 Å². The molecule has 4 saturated carbocycles. The maximum atomic E-state index is 6.65. The van der Waals surface area contributed by atoms with Crippen molar-refractivity contribution in [2.45, 2.75) is 57.4 Å². The molecule has 0 aromatic heterocycles. The molecule has 108 valence electrons. The zero-order valence-corrected chi connectivity index (χ0v) is 12.3. The third-order valence-corrected chi connectivity index (χ3v) is 6.77. The van der Waals surface area contributed by atoms with E-state index in [1.807, 2.05) is 0 Å². The average Bonchev–Trinajstić information content (AvgIpc) is 2.88. The molecule has 2 heteroatoms. The molecule has 0 amide bonds. The molecular formula is C17H30N2. The molecule has 4 aliphatic carbocycles. The van der Waals surface area contributed by atoms with Gasteiger partial charge in [-0.3, -0.25) is 0 Å². The Labute approximate surface area is 118 Å². The van der Waals surface area contributed by atoms with E-state index in [-0.39, 0.29) is 0 Å². The number of nitrogens with zero attached hydrogens (tertiary/aromatic N) is 1. The van der Waals surface area contributed by atoms with Gasteiger partial charge < -0.3 is 10.6 Å². The number of hydrogen-bond donors (Lipinski definition) is 1. The van der Waals surface area contributed by atoms with Gasteiger partial charge in [0.2, 0.25) is 0 Å². The van der Waals surface area contributed by atoms with Crippen LogP contribution in [0.15, 0.2) is 0 Å². The summed E-state index contributed by atoms with van der Waals surface area (Å²) in [5.41, 5.74) is 6.65. The quantitative estimate of drug-likeness (QED) is 0.844. The molecule has 1 atom stereocenters. The molecule has 2 nitrogen and oxygen atoms in total. The largest absolute Gasteiger partial charge is 0.327 e. The van der Waals surface area contributed by atoms with E-state index in [1.54, 1.807) is 6.42 Å². The molecular weight excluding hydrogens is 232 g/mol. The molecule has 2 N–H and O–H groups in total. The van der Waals surface area contributed by atoms with Crippen molar-refractivity contribution in [2.24, 2.45) is 35.3 Å². The van der Waals surface area contributed by atoms with Crippen molar-refractivity contribution >= 4 is 0 Å². The summed E-state index contributed by atoms with van der Waals surface area (Å²) in [5.74, 6) is 5.07. The highest BCUT2D eigenvalue weighted by atomic mass is 15.1. The van der Waals surface area contributed by atoms with Crippen molar-refractivity contribution < 1.29 is 0 Å². The van der Waals surface area contributed by atoms with E-state index in [1.165, 1.54) is 64.6 Å². The lowest BCUT2D eigenvalue weighted by Gasteiger charge is -2.56. The number of hydrogen-bond acceptors (Lipinski definition) is 2. The highest BCUT2D eigenvalue weighted by Gasteiger charge is 2.49. The molecule has 0 radical (unpaired) electrons. The summed E-state index contributed by atoms with van der Waals surface area (Å²) in [6, 6.07) is 0.496. The van der Waals surface area contributed by atoms with Crippen LogP contribution in [0, 0.1) is 29.6 Å². The highest BCUT2D eigenvalue weighted by molar-refractivity contribution is 5.01. The predicted octanol–water partition coefficient (Wildman–Crippen LogP) is 2.87. The Hall–Kier alpha value is -0.0800. The topological polar surface area (TPSA) is 29.3 Å². The first kappa shape index (κ1) is 12.6. The average molecular weight is 262 g/mol. The number of nitrogens with two attached hydrogens (primary N) is 1. The number of rotatable bonds is 4. The molecule has 19 heavy (non-hydrogen) atoms. The summed E-state index contributed by atoms with van der Waals surface area (Å²) >= 11 is 0. The van der Waals surface area contributed by atoms with Gasteiger partial charge in [-0.1, -0.05) is 0 Å². The van der Waals surface area contributed by atoms with Crippen molar-refractivity contribution in [3.8, 4) is 0 Å². The fraction of sp³-hybridized carbons (Fsp3) is 1.00. The molecule has 0 aromatic rings. The van der Waals surface area contributed by atoms with Gasteiger partial charge in [-0.2, -0.15) is 0 Å². The standard InChI is InChI=1S/C17H30N2/c18-16(3-6-19-4-1-2-5-19)17-14-8-12-7-13(10-14)11-15(17)9-12/h12-17H,1-11,18H2. The van der Waals surface area contributed by atoms with E-state index in [2.05, 4.69) is 4.90 Å². The molecule has 1 saturated heterocycles. The van der Waals surface area contributed by atoms with E-state index in [0.717, 1.165) is 29.6 Å². The molecule has 5 fully saturated rings. The second-order valence-corrected chi connectivity index (χ2v) is 8.01. The summed E-state index contributed by atoms with van der Waals surface area (Å²) in [7, 11) is 0. The van der Waals surface area contributed by atoms with Crippen LogP contribution in [-0.4, -0.2) is 30.6 Å². The second-order valence-electron chi connectivity index (χ2n) is 8.01. The van der Waals surface area contributed by atoms with Crippen molar-refractivity contribution in [1.29, 1.82) is 0 Å². The first-order valence-corrected chi connectivity index (χ1v) is 8.77. The van der Waals surface area contributed by atoms with Gasteiger partial charge in [0.1, 0.15) is 0 Å². The summed E-state index contributed by atoms with van der Waals surface area (Å²) < 4.78 is 0. The van der Waals surface area contributed by atoms with Gasteiger partial charge in [0.15, 0.2) is 0 Å². The monoisotopic (exact) mass is 262 g/mol. The van der Waals surface area contributed by atoms with Crippen molar-refractivity contribution in [3.63, 3.8) is 0 Å². The highest BCUT2D eigenvalue weighted by Crippen LogP contribution is 2.57. The van der Waals surface area contributed by atoms with Gasteiger partial charge >= 0.3 is 0 Å². The lowest BCUT2D eigenvalue weighted by atomic mass is 9.50. The van der Waals surface area contributed by atoms with Crippen molar-refractivity contribution in [1.82, 2.24) is 4.90 Å². The van der Waals surface area contributed by atoms with Crippen molar-refractivity contribution in [3.05, 3.63) is 0 Å². The van der Waals surface area contributed by atoms with Gasteiger partial charge in [0.05, 0.1) is 0 Å².